The van der Waals surface area contributed by atoms with Gasteiger partial charge in [0, 0.05) is 10.7 Å². The Balaban J connectivity index is 1.67. The predicted molar refractivity (Wildman–Crippen MR) is 82.5 cm³/mol. The predicted octanol–water partition coefficient (Wildman–Crippen LogP) is 3.25. The van der Waals surface area contributed by atoms with Gasteiger partial charge >= 0.3 is 0 Å². The maximum Gasteiger partial charge on any atom is 0.189 e. The first-order chi connectivity index (χ1) is 9.33. The minimum Gasteiger partial charge on any atom is -0.370 e. The largest absolute Gasteiger partial charge is 0.370 e. The molecule has 0 radical (unpaired) electrons. The number of nitrogens with one attached hydrogen (secondary N) is 1. The maximum absolute atomic E-state index is 5.96. The third-order valence-electron chi connectivity index (χ3n) is 3.69. The first kappa shape index (κ1) is 12.5. The summed E-state index contributed by atoms with van der Waals surface area (Å²) >= 11 is 1.77. The lowest BCUT2D eigenvalue weighted by Crippen LogP contribution is -2.38. The molecule has 2 aromatic rings. The van der Waals surface area contributed by atoms with Gasteiger partial charge in [0.05, 0.1) is 6.54 Å². The molecule has 3 nitrogen and oxygen atoms in total. The molecule has 0 atom stereocenters. The van der Waals surface area contributed by atoms with E-state index in [0.717, 1.165) is 0 Å². The van der Waals surface area contributed by atoms with Gasteiger partial charge in [0.1, 0.15) is 0 Å². The van der Waals surface area contributed by atoms with Crippen LogP contribution >= 0.6 is 11.3 Å². The molecular weight excluding hydrogens is 254 g/mol. The molecular formula is C15H19N3S. The summed E-state index contributed by atoms with van der Waals surface area (Å²) in [6.45, 7) is 0.662. The van der Waals surface area contributed by atoms with Crippen LogP contribution in [0.5, 0.6) is 0 Å². The lowest BCUT2D eigenvalue weighted by Gasteiger charge is -2.12. The first-order valence-corrected chi connectivity index (χ1v) is 7.72. The third-order valence-corrected chi connectivity index (χ3v) is 4.70. The molecule has 1 fully saturated rings. The Labute approximate surface area is 117 Å². The monoisotopic (exact) mass is 273 g/mol. The van der Waals surface area contributed by atoms with Crippen LogP contribution in [0.2, 0.25) is 0 Å². The van der Waals surface area contributed by atoms with Crippen LogP contribution in [0.3, 0.4) is 0 Å². The van der Waals surface area contributed by atoms with Gasteiger partial charge in [0.15, 0.2) is 5.96 Å². The maximum atomic E-state index is 5.96. The van der Waals surface area contributed by atoms with Crippen LogP contribution in [0.15, 0.2) is 34.6 Å². The zero-order valence-corrected chi connectivity index (χ0v) is 11.7. The molecule has 0 saturated heterocycles. The summed E-state index contributed by atoms with van der Waals surface area (Å²) in [5.41, 5.74) is 7.22. The van der Waals surface area contributed by atoms with Crippen LogP contribution in [-0.2, 0) is 6.54 Å². The smallest absolute Gasteiger partial charge is 0.189 e. The van der Waals surface area contributed by atoms with Crippen LogP contribution in [-0.4, -0.2) is 12.0 Å². The number of rotatable bonds is 3. The van der Waals surface area contributed by atoms with Crippen molar-refractivity contribution >= 4 is 27.4 Å². The van der Waals surface area contributed by atoms with Gasteiger partial charge in [-0.2, -0.15) is 0 Å². The van der Waals surface area contributed by atoms with Gasteiger partial charge in [-0.1, -0.05) is 31.0 Å². The van der Waals surface area contributed by atoms with Crippen LogP contribution in [0.25, 0.3) is 10.1 Å². The first-order valence-electron chi connectivity index (χ1n) is 6.84. The van der Waals surface area contributed by atoms with Crippen LogP contribution in [0, 0.1) is 0 Å². The Morgan fingerprint density at radius 3 is 2.95 bits per heavy atom. The summed E-state index contributed by atoms with van der Waals surface area (Å²) in [5.74, 6) is 0.585. The van der Waals surface area contributed by atoms with Gasteiger partial charge in [-0.15, -0.1) is 11.3 Å². The minimum absolute atomic E-state index is 0.531. The van der Waals surface area contributed by atoms with Crippen LogP contribution in [0.4, 0.5) is 0 Å². The van der Waals surface area contributed by atoms with Crippen molar-refractivity contribution in [3.8, 4) is 0 Å². The molecule has 4 heteroatoms. The molecule has 3 rings (SSSR count). The fourth-order valence-corrected chi connectivity index (χ4v) is 3.60. The van der Waals surface area contributed by atoms with Crippen molar-refractivity contribution in [2.75, 3.05) is 0 Å². The molecule has 0 amide bonds. The average molecular weight is 273 g/mol. The van der Waals surface area contributed by atoms with E-state index in [2.05, 4.69) is 40.0 Å². The standard InChI is InChI=1S/C15H19N3S/c16-15(18-12-5-1-2-6-12)17-9-11-10-19-14-8-4-3-7-13(11)14/h3-4,7-8,10,12H,1-2,5-6,9H2,(H3,16,17,18). The number of nitrogens with zero attached hydrogens (tertiary/aromatic N) is 1. The highest BCUT2D eigenvalue weighted by Gasteiger charge is 2.14. The summed E-state index contributed by atoms with van der Waals surface area (Å²) in [7, 11) is 0. The molecule has 0 bridgehead atoms. The highest BCUT2D eigenvalue weighted by molar-refractivity contribution is 7.17. The van der Waals surface area contributed by atoms with Crippen molar-refractivity contribution in [2.45, 2.75) is 38.3 Å². The summed E-state index contributed by atoms with van der Waals surface area (Å²) in [6, 6.07) is 8.97. The molecule has 0 aliphatic heterocycles. The van der Waals surface area contributed by atoms with Gasteiger partial charge in [-0.3, -0.25) is 0 Å². The van der Waals surface area contributed by atoms with Gasteiger partial charge in [0.2, 0.25) is 0 Å². The number of aliphatic imine (C=N–C) groups is 1. The summed E-state index contributed by atoms with van der Waals surface area (Å²) < 4.78 is 1.31. The molecule has 0 spiro atoms. The fourth-order valence-electron chi connectivity index (χ4n) is 2.65. The van der Waals surface area contributed by atoms with E-state index >= 15 is 0 Å². The second kappa shape index (κ2) is 5.61. The zero-order chi connectivity index (χ0) is 13.1. The van der Waals surface area contributed by atoms with E-state index in [1.54, 1.807) is 11.3 Å². The molecule has 0 unspecified atom stereocenters. The van der Waals surface area contributed by atoms with Crippen LogP contribution in [0.1, 0.15) is 31.2 Å². The van der Waals surface area contributed by atoms with E-state index in [1.165, 1.54) is 41.3 Å². The van der Waals surface area contributed by atoms with E-state index in [1.807, 2.05) is 0 Å². The highest BCUT2D eigenvalue weighted by Crippen LogP contribution is 2.26. The number of fused-ring (bicyclic) bond motifs is 1. The Morgan fingerprint density at radius 1 is 1.32 bits per heavy atom. The Morgan fingerprint density at radius 2 is 2.11 bits per heavy atom. The van der Waals surface area contributed by atoms with E-state index in [4.69, 9.17) is 5.73 Å². The number of guanidine groups is 1. The number of hydrogen-bond donors (Lipinski definition) is 2. The molecule has 1 aromatic carbocycles. The van der Waals surface area contributed by atoms with Crippen molar-refractivity contribution in [2.24, 2.45) is 10.7 Å². The normalized spacial score (nSPS) is 17.2. The second-order valence-electron chi connectivity index (χ2n) is 5.08. The van der Waals surface area contributed by atoms with E-state index < -0.39 is 0 Å². The number of benzene rings is 1. The van der Waals surface area contributed by atoms with E-state index in [-0.39, 0.29) is 0 Å². The zero-order valence-electron chi connectivity index (χ0n) is 10.9. The lowest BCUT2D eigenvalue weighted by atomic mass is 10.2. The lowest BCUT2D eigenvalue weighted by molar-refractivity contribution is 0.625. The number of thiophene rings is 1. The molecule has 1 heterocycles. The van der Waals surface area contributed by atoms with Crippen molar-refractivity contribution in [1.82, 2.24) is 5.32 Å². The quantitative estimate of drug-likeness (QED) is 0.666. The van der Waals surface area contributed by atoms with E-state index in [0.29, 0.717) is 18.5 Å². The average Bonchev–Trinajstić information content (AvgIpc) is 3.05. The van der Waals surface area contributed by atoms with Crippen molar-refractivity contribution in [1.29, 1.82) is 0 Å². The van der Waals surface area contributed by atoms with Gasteiger partial charge < -0.3 is 11.1 Å². The molecule has 1 saturated carbocycles. The molecule has 1 aliphatic rings. The summed E-state index contributed by atoms with van der Waals surface area (Å²) in [4.78, 5) is 4.47. The topological polar surface area (TPSA) is 50.4 Å². The molecule has 100 valence electrons. The number of nitrogens with two attached hydrogens (primary N) is 1. The van der Waals surface area contributed by atoms with Crippen molar-refractivity contribution in [3.63, 3.8) is 0 Å². The Kier molecular flexibility index (Phi) is 3.69. The fraction of sp³-hybridized carbons (Fsp3) is 0.400. The summed E-state index contributed by atoms with van der Waals surface area (Å²) in [5, 5.41) is 6.79. The van der Waals surface area contributed by atoms with Gasteiger partial charge in [0.25, 0.3) is 0 Å². The third kappa shape index (κ3) is 2.89. The van der Waals surface area contributed by atoms with Gasteiger partial charge in [-0.05, 0) is 35.2 Å². The molecule has 1 aromatic heterocycles. The van der Waals surface area contributed by atoms with E-state index in [9.17, 15) is 0 Å². The summed E-state index contributed by atoms with van der Waals surface area (Å²) in [6.07, 6.45) is 5.05. The second-order valence-corrected chi connectivity index (χ2v) is 6.00. The SMILES string of the molecule is NC(=NCc1csc2ccccc12)NC1CCCC1. The Bertz CT molecular complexity index is 582. The molecule has 19 heavy (non-hydrogen) atoms. The minimum atomic E-state index is 0.531. The van der Waals surface area contributed by atoms with Gasteiger partial charge in [-0.25, -0.2) is 4.99 Å². The van der Waals surface area contributed by atoms with Crippen molar-refractivity contribution < 1.29 is 0 Å². The highest BCUT2D eigenvalue weighted by atomic mass is 32.1. The Hall–Kier alpha value is -1.55. The van der Waals surface area contributed by atoms with Crippen LogP contribution < -0.4 is 11.1 Å². The number of hydrogen-bond acceptors (Lipinski definition) is 2. The van der Waals surface area contributed by atoms with Crippen molar-refractivity contribution in [3.05, 3.63) is 35.2 Å². The molecule has 3 N–H and O–H groups in total. The molecule has 1 aliphatic carbocycles.